The molecule has 0 saturated carbocycles. The third kappa shape index (κ3) is 2.06. The van der Waals surface area contributed by atoms with Crippen LogP contribution >= 0.6 is 0 Å². The molecule has 2 N–H and O–H groups in total. The molecule has 5 heteroatoms. The van der Waals surface area contributed by atoms with Crippen LogP contribution in [0.25, 0.3) is 22.3 Å². The Balaban J connectivity index is 2.38. The van der Waals surface area contributed by atoms with Gasteiger partial charge in [-0.25, -0.2) is 0 Å². The van der Waals surface area contributed by atoms with E-state index in [-0.39, 0.29) is 11.4 Å². The second-order valence-electron chi connectivity index (χ2n) is 4.28. The molecule has 3 aromatic rings. The van der Waals surface area contributed by atoms with Gasteiger partial charge in [0.15, 0.2) is 0 Å². The fourth-order valence-corrected chi connectivity index (χ4v) is 2.08. The first-order valence-corrected chi connectivity index (χ1v) is 5.80. The number of H-pyrrole nitrogens is 1. The van der Waals surface area contributed by atoms with Gasteiger partial charge in [0.05, 0.1) is 11.6 Å². The highest BCUT2D eigenvalue weighted by Crippen LogP contribution is 2.25. The van der Waals surface area contributed by atoms with Gasteiger partial charge in [0.25, 0.3) is 5.56 Å². The SMILES string of the molecule is Cc1cc(-c2nc(O)cc(=O)[nH]2)c2ccccc2n1. The molecule has 19 heavy (non-hydrogen) atoms. The highest BCUT2D eigenvalue weighted by molar-refractivity contribution is 5.92. The number of hydrogen-bond acceptors (Lipinski definition) is 4. The molecule has 1 aromatic carbocycles. The van der Waals surface area contributed by atoms with E-state index in [4.69, 9.17) is 0 Å². The van der Waals surface area contributed by atoms with E-state index in [9.17, 15) is 9.90 Å². The number of aromatic amines is 1. The number of aromatic hydroxyl groups is 1. The number of nitrogens with one attached hydrogen (secondary N) is 1. The Morgan fingerprint density at radius 1 is 1.16 bits per heavy atom. The molecule has 2 aromatic heterocycles. The van der Waals surface area contributed by atoms with Crippen molar-refractivity contribution in [2.45, 2.75) is 6.92 Å². The Kier molecular flexibility index (Phi) is 2.52. The molecule has 0 atom stereocenters. The Bertz CT molecular complexity index is 824. The van der Waals surface area contributed by atoms with Crippen LogP contribution in [-0.2, 0) is 0 Å². The third-order valence-electron chi connectivity index (χ3n) is 2.83. The third-order valence-corrected chi connectivity index (χ3v) is 2.83. The minimum absolute atomic E-state index is 0.294. The lowest BCUT2D eigenvalue weighted by atomic mass is 10.1. The van der Waals surface area contributed by atoms with Gasteiger partial charge >= 0.3 is 0 Å². The molecule has 5 nitrogen and oxygen atoms in total. The number of para-hydroxylation sites is 1. The molecule has 0 unspecified atom stereocenters. The van der Waals surface area contributed by atoms with Crippen molar-refractivity contribution in [1.82, 2.24) is 15.0 Å². The Morgan fingerprint density at radius 3 is 2.74 bits per heavy atom. The summed E-state index contributed by atoms with van der Waals surface area (Å²) in [6.07, 6.45) is 0. The average Bonchev–Trinajstić information content (AvgIpc) is 2.36. The number of aromatic nitrogens is 3. The molecule has 0 aliphatic heterocycles. The van der Waals surface area contributed by atoms with Gasteiger partial charge in [-0.3, -0.25) is 9.78 Å². The highest BCUT2D eigenvalue weighted by atomic mass is 16.3. The van der Waals surface area contributed by atoms with Crippen LogP contribution in [0, 0.1) is 6.92 Å². The van der Waals surface area contributed by atoms with Crippen LogP contribution in [0.5, 0.6) is 5.88 Å². The van der Waals surface area contributed by atoms with Crippen molar-refractivity contribution < 1.29 is 5.11 Å². The first-order valence-electron chi connectivity index (χ1n) is 5.80. The van der Waals surface area contributed by atoms with Crippen LogP contribution in [0.3, 0.4) is 0 Å². The highest BCUT2D eigenvalue weighted by Gasteiger charge is 2.09. The Labute approximate surface area is 108 Å². The van der Waals surface area contributed by atoms with Gasteiger partial charge in [-0.05, 0) is 19.1 Å². The van der Waals surface area contributed by atoms with Crippen molar-refractivity contribution in [3.8, 4) is 17.3 Å². The second kappa shape index (κ2) is 4.20. The number of nitrogens with zero attached hydrogens (tertiary/aromatic N) is 2. The predicted octanol–water partition coefficient (Wildman–Crippen LogP) is 2.00. The summed E-state index contributed by atoms with van der Waals surface area (Å²) in [6.45, 7) is 1.87. The Morgan fingerprint density at radius 2 is 1.95 bits per heavy atom. The van der Waals surface area contributed by atoms with Crippen molar-refractivity contribution in [2.24, 2.45) is 0 Å². The summed E-state index contributed by atoms with van der Waals surface area (Å²) in [5.74, 6) is 0.0454. The number of hydrogen-bond donors (Lipinski definition) is 2. The number of rotatable bonds is 1. The van der Waals surface area contributed by atoms with Crippen LogP contribution in [0.1, 0.15) is 5.69 Å². The van der Waals surface area contributed by atoms with Crippen molar-refractivity contribution in [3.05, 3.63) is 52.4 Å². The molecule has 2 heterocycles. The molecule has 3 rings (SSSR count). The summed E-state index contributed by atoms with van der Waals surface area (Å²) in [7, 11) is 0. The van der Waals surface area contributed by atoms with E-state index < -0.39 is 0 Å². The normalized spacial score (nSPS) is 10.8. The zero-order valence-electron chi connectivity index (χ0n) is 10.2. The second-order valence-corrected chi connectivity index (χ2v) is 4.28. The molecule has 0 amide bonds. The number of benzene rings is 1. The molecule has 0 aliphatic rings. The topological polar surface area (TPSA) is 78.9 Å². The fraction of sp³-hybridized carbons (Fsp3) is 0.0714. The molecule has 94 valence electrons. The van der Waals surface area contributed by atoms with Crippen LogP contribution in [0.15, 0.2) is 41.2 Å². The van der Waals surface area contributed by atoms with Gasteiger partial charge in [-0.15, -0.1) is 0 Å². The quantitative estimate of drug-likeness (QED) is 0.695. The Hall–Kier alpha value is -2.69. The van der Waals surface area contributed by atoms with E-state index in [1.54, 1.807) is 0 Å². The minimum atomic E-state index is -0.388. The average molecular weight is 253 g/mol. The first kappa shape index (κ1) is 11.4. The van der Waals surface area contributed by atoms with E-state index >= 15 is 0 Å². The number of pyridine rings is 1. The summed E-state index contributed by atoms with van der Waals surface area (Å²) < 4.78 is 0. The van der Waals surface area contributed by atoms with Crippen LogP contribution < -0.4 is 5.56 Å². The first-order chi connectivity index (χ1) is 9.13. The molecule has 0 aliphatic carbocycles. The maximum Gasteiger partial charge on any atom is 0.254 e. The van der Waals surface area contributed by atoms with Gasteiger partial charge in [-0.1, -0.05) is 18.2 Å². The van der Waals surface area contributed by atoms with Gasteiger partial charge in [0, 0.05) is 16.6 Å². The van der Waals surface area contributed by atoms with E-state index in [0.717, 1.165) is 28.2 Å². The summed E-state index contributed by atoms with van der Waals surface area (Å²) in [5, 5.41) is 10.3. The van der Waals surface area contributed by atoms with Gasteiger partial charge in [-0.2, -0.15) is 4.98 Å². The van der Waals surface area contributed by atoms with E-state index in [0.29, 0.717) is 5.82 Å². The van der Waals surface area contributed by atoms with Crippen molar-refractivity contribution >= 4 is 10.9 Å². The standard InChI is InChI=1S/C14H11N3O2/c1-8-6-10(9-4-2-3-5-11(9)15-8)14-16-12(18)7-13(19)17-14/h2-7H,1H3,(H2,16,17,18,19). The molecular formula is C14H11N3O2. The number of aryl methyl sites for hydroxylation is 1. The minimum Gasteiger partial charge on any atom is -0.493 e. The monoisotopic (exact) mass is 253 g/mol. The number of fused-ring (bicyclic) bond motifs is 1. The lowest BCUT2D eigenvalue weighted by molar-refractivity contribution is 0.452. The van der Waals surface area contributed by atoms with E-state index in [1.165, 1.54) is 0 Å². The fourth-order valence-electron chi connectivity index (χ4n) is 2.08. The maximum atomic E-state index is 11.4. The van der Waals surface area contributed by atoms with Crippen LogP contribution in [0.2, 0.25) is 0 Å². The molecule has 0 saturated heterocycles. The summed E-state index contributed by atoms with van der Waals surface area (Å²) in [6, 6.07) is 10.5. The van der Waals surface area contributed by atoms with E-state index in [1.807, 2.05) is 37.3 Å². The van der Waals surface area contributed by atoms with E-state index in [2.05, 4.69) is 15.0 Å². The van der Waals surface area contributed by atoms with Crippen LogP contribution in [-0.4, -0.2) is 20.1 Å². The van der Waals surface area contributed by atoms with Gasteiger partial charge in [0.1, 0.15) is 5.82 Å². The molecular weight excluding hydrogens is 242 g/mol. The largest absolute Gasteiger partial charge is 0.493 e. The summed E-state index contributed by atoms with van der Waals surface area (Å²) in [5.41, 5.74) is 2.00. The lowest BCUT2D eigenvalue weighted by Crippen LogP contribution is -2.07. The zero-order chi connectivity index (χ0) is 13.4. The molecule has 0 fully saturated rings. The predicted molar refractivity (Wildman–Crippen MR) is 72.0 cm³/mol. The van der Waals surface area contributed by atoms with Gasteiger partial charge in [0.2, 0.25) is 5.88 Å². The van der Waals surface area contributed by atoms with Gasteiger partial charge < -0.3 is 10.1 Å². The van der Waals surface area contributed by atoms with Crippen molar-refractivity contribution in [1.29, 1.82) is 0 Å². The molecule has 0 spiro atoms. The molecule has 0 radical (unpaired) electrons. The molecule has 0 bridgehead atoms. The lowest BCUT2D eigenvalue weighted by Gasteiger charge is -2.07. The summed E-state index contributed by atoms with van der Waals surface area (Å²) >= 11 is 0. The smallest absolute Gasteiger partial charge is 0.254 e. The van der Waals surface area contributed by atoms with Crippen molar-refractivity contribution in [3.63, 3.8) is 0 Å². The van der Waals surface area contributed by atoms with Crippen LogP contribution in [0.4, 0.5) is 0 Å². The summed E-state index contributed by atoms with van der Waals surface area (Å²) in [4.78, 5) is 22.5. The maximum absolute atomic E-state index is 11.4. The zero-order valence-corrected chi connectivity index (χ0v) is 10.2. The van der Waals surface area contributed by atoms with Crippen molar-refractivity contribution in [2.75, 3.05) is 0 Å².